The number of allylic oxidation sites excluding steroid dienone is 2. The van der Waals surface area contributed by atoms with E-state index in [4.69, 9.17) is 14.5 Å². The number of halogens is 2. The highest BCUT2D eigenvalue weighted by atomic mass is 127. The van der Waals surface area contributed by atoms with Crippen LogP contribution in [-0.4, -0.2) is 12.8 Å². The number of rotatable bonds is 8. The minimum absolute atomic E-state index is 0.127. The molecule has 4 aromatic carbocycles. The Hall–Kier alpha value is -3.65. The van der Waals surface area contributed by atoms with Gasteiger partial charge in [-0.05, 0) is 94.9 Å². The lowest BCUT2D eigenvalue weighted by atomic mass is 9.77. The molecule has 0 aromatic heterocycles. The molecule has 202 valence electrons. The van der Waals surface area contributed by atoms with Crippen LogP contribution in [0.1, 0.15) is 47.6 Å². The lowest BCUT2D eigenvalue weighted by Gasteiger charge is -2.37. The molecule has 40 heavy (non-hydrogen) atoms. The molecule has 6 heteroatoms. The Kier molecular flexibility index (Phi) is 7.86. The van der Waals surface area contributed by atoms with Crippen molar-refractivity contribution in [3.63, 3.8) is 0 Å². The number of fused-ring (bicyclic) bond motifs is 3. The van der Waals surface area contributed by atoms with Crippen LogP contribution in [0.5, 0.6) is 11.5 Å². The number of nitrogens with zero attached hydrogens (tertiary/aromatic N) is 1. The van der Waals surface area contributed by atoms with E-state index in [2.05, 4.69) is 88.6 Å². The fraction of sp³-hybridized carbons (Fsp3) is 0.206. The van der Waals surface area contributed by atoms with E-state index in [0.717, 1.165) is 21.2 Å². The van der Waals surface area contributed by atoms with Gasteiger partial charge >= 0.3 is 0 Å². The SMILES string of the molecule is CCOc1cc(C=Nc2ccc([C@@H]3Nc4ccccc4[C@H]4C=CC[C@@H]43)cc2)cc(I)c1OCc1ccccc1F. The first-order valence-corrected chi connectivity index (χ1v) is 14.7. The first kappa shape index (κ1) is 26.6. The van der Waals surface area contributed by atoms with E-state index in [1.807, 2.05) is 25.3 Å². The van der Waals surface area contributed by atoms with Gasteiger partial charge in [0.1, 0.15) is 12.4 Å². The van der Waals surface area contributed by atoms with Crippen molar-refractivity contribution in [3.05, 3.63) is 129 Å². The molecule has 0 radical (unpaired) electrons. The van der Waals surface area contributed by atoms with E-state index in [-0.39, 0.29) is 18.5 Å². The maximum absolute atomic E-state index is 14.1. The topological polar surface area (TPSA) is 42.8 Å². The molecule has 1 aliphatic heterocycles. The number of benzene rings is 4. The Morgan fingerprint density at radius 1 is 1.00 bits per heavy atom. The first-order chi connectivity index (χ1) is 19.6. The van der Waals surface area contributed by atoms with Gasteiger partial charge in [0.2, 0.25) is 0 Å². The van der Waals surface area contributed by atoms with Crippen LogP contribution in [0.25, 0.3) is 0 Å². The molecule has 0 unspecified atom stereocenters. The number of aliphatic imine (C=N–C) groups is 1. The molecule has 1 aliphatic carbocycles. The predicted octanol–water partition coefficient (Wildman–Crippen LogP) is 8.99. The molecule has 0 saturated carbocycles. The third-order valence-corrected chi connectivity index (χ3v) is 8.35. The van der Waals surface area contributed by atoms with Crippen LogP contribution >= 0.6 is 22.6 Å². The van der Waals surface area contributed by atoms with Crippen molar-refractivity contribution < 1.29 is 13.9 Å². The first-order valence-electron chi connectivity index (χ1n) is 13.6. The Morgan fingerprint density at radius 2 is 1.80 bits per heavy atom. The molecule has 1 heterocycles. The van der Waals surface area contributed by atoms with Gasteiger partial charge in [0.25, 0.3) is 0 Å². The Bertz CT molecular complexity index is 1570. The Morgan fingerprint density at radius 3 is 2.62 bits per heavy atom. The Balaban J connectivity index is 1.18. The highest BCUT2D eigenvalue weighted by molar-refractivity contribution is 14.1. The second-order valence-electron chi connectivity index (χ2n) is 10.1. The van der Waals surface area contributed by atoms with Gasteiger partial charge in [0.05, 0.1) is 21.9 Å². The fourth-order valence-corrected chi connectivity index (χ4v) is 6.40. The second kappa shape index (κ2) is 11.8. The minimum atomic E-state index is -0.283. The smallest absolute Gasteiger partial charge is 0.175 e. The summed E-state index contributed by atoms with van der Waals surface area (Å²) in [6.45, 7) is 2.55. The van der Waals surface area contributed by atoms with Gasteiger partial charge in [0, 0.05) is 23.4 Å². The van der Waals surface area contributed by atoms with Gasteiger partial charge in [-0.15, -0.1) is 0 Å². The summed E-state index contributed by atoms with van der Waals surface area (Å²) in [6, 6.07) is 28.0. The van der Waals surface area contributed by atoms with Crippen LogP contribution < -0.4 is 14.8 Å². The highest BCUT2D eigenvalue weighted by Gasteiger charge is 2.37. The molecule has 0 fully saturated rings. The number of hydrogen-bond acceptors (Lipinski definition) is 4. The normalized spacial score (nSPS) is 19.2. The van der Waals surface area contributed by atoms with Gasteiger partial charge in [-0.1, -0.05) is 60.7 Å². The van der Waals surface area contributed by atoms with Crippen LogP contribution in [0.15, 0.2) is 102 Å². The largest absolute Gasteiger partial charge is 0.490 e. The third-order valence-electron chi connectivity index (χ3n) is 7.55. The summed E-state index contributed by atoms with van der Waals surface area (Å²) in [5.41, 5.74) is 6.18. The van der Waals surface area contributed by atoms with E-state index in [9.17, 15) is 4.39 Å². The van der Waals surface area contributed by atoms with E-state index in [0.29, 0.717) is 35.5 Å². The average Bonchev–Trinajstić information content (AvgIpc) is 3.47. The summed E-state index contributed by atoms with van der Waals surface area (Å²) in [7, 11) is 0. The van der Waals surface area contributed by atoms with Crippen molar-refractivity contribution in [2.75, 3.05) is 11.9 Å². The molecule has 0 saturated heterocycles. The number of nitrogens with one attached hydrogen (secondary N) is 1. The van der Waals surface area contributed by atoms with Crippen LogP contribution in [0.3, 0.4) is 0 Å². The molecule has 2 aliphatic rings. The zero-order valence-corrected chi connectivity index (χ0v) is 24.3. The van der Waals surface area contributed by atoms with Gasteiger partial charge in [-0.3, -0.25) is 4.99 Å². The zero-order chi connectivity index (χ0) is 27.5. The maximum Gasteiger partial charge on any atom is 0.175 e. The molecule has 0 bridgehead atoms. The standard InChI is InChI=1S/C34H30FIN2O2/c1-2-39-32-19-22(18-30(36)34(32)40-21-24-8-3-5-12-29(24)35)20-37-25-16-14-23(15-17-25)33-28-11-7-10-26(28)27-9-4-6-13-31(27)38-33/h3-10,12-20,26,28,33,38H,2,11,21H2,1H3/t26-,28+,33+/m1/s1. The van der Waals surface area contributed by atoms with Crippen molar-refractivity contribution in [2.24, 2.45) is 10.9 Å². The summed E-state index contributed by atoms with van der Waals surface area (Å²) in [4.78, 5) is 4.74. The molecule has 0 amide bonds. The van der Waals surface area contributed by atoms with Crippen LogP contribution in [0.4, 0.5) is 15.8 Å². The van der Waals surface area contributed by atoms with Crippen molar-refractivity contribution in [3.8, 4) is 11.5 Å². The van der Waals surface area contributed by atoms with Crippen molar-refractivity contribution in [1.82, 2.24) is 0 Å². The van der Waals surface area contributed by atoms with Crippen molar-refractivity contribution in [1.29, 1.82) is 0 Å². The Labute approximate surface area is 248 Å². The minimum Gasteiger partial charge on any atom is -0.490 e. The van der Waals surface area contributed by atoms with Gasteiger partial charge in [-0.25, -0.2) is 4.39 Å². The van der Waals surface area contributed by atoms with E-state index < -0.39 is 0 Å². The summed E-state index contributed by atoms with van der Waals surface area (Å²) < 4.78 is 26.8. The monoisotopic (exact) mass is 644 g/mol. The summed E-state index contributed by atoms with van der Waals surface area (Å²) in [5.74, 6) is 1.91. The molecule has 1 N–H and O–H groups in total. The molecule has 0 spiro atoms. The van der Waals surface area contributed by atoms with E-state index >= 15 is 0 Å². The maximum atomic E-state index is 14.1. The molecule has 4 nitrogen and oxygen atoms in total. The fourth-order valence-electron chi connectivity index (χ4n) is 5.62. The van der Waals surface area contributed by atoms with Gasteiger partial charge in [-0.2, -0.15) is 0 Å². The van der Waals surface area contributed by atoms with Crippen LogP contribution in [0.2, 0.25) is 0 Å². The quantitative estimate of drug-likeness (QED) is 0.118. The second-order valence-corrected chi connectivity index (χ2v) is 11.2. The summed E-state index contributed by atoms with van der Waals surface area (Å²) in [6.07, 6.45) is 7.60. The number of anilines is 1. The zero-order valence-electron chi connectivity index (χ0n) is 22.2. The molecular formula is C34H30FIN2O2. The summed E-state index contributed by atoms with van der Waals surface area (Å²) >= 11 is 2.23. The van der Waals surface area contributed by atoms with Crippen molar-refractivity contribution >= 4 is 40.2 Å². The van der Waals surface area contributed by atoms with E-state index in [1.54, 1.807) is 18.2 Å². The number of para-hydroxylation sites is 1. The summed E-state index contributed by atoms with van der Waals surface area (Å²) in [5, 5.41) is 3.79. The lowest BCUT2D eigenvalue weighted by Crippen LogP contribution is -2.28. The number of ether oxygens (including phenoxy) is 2. The predicted molar refractivity (Wildman–Crippen MR) is 168 cm³/mol. The lowest BCUT2D eigenvalue weighted by molar-refractivity contribution is 0.264. The van der Waals surface area contributed by atoms with Crippen LogP contribution in [-0.2, 0) is 6.61 Å². The molecule has 4 aromatic rings. The van der Waals surface area contributed by atoms with Crippen LogP contribution in [0, 0.1) is 15.3 Å². The van der Waals surface area contributed by atoms with Gasteiger partial charge in [0.15, 0.2) is 11.5 Å². The van der Waals surface area contributed by atoms with E-state index in [1.165, 1.54) is 22.9 Å². The third kappa shape index (κ3) is 5.50. The van der Waals surface area contributed by atoms with Gasteiger partial charge < -0.3 is 14.8 Å². The molecule has 3 atom stereocenters. The molecule has 6 rings (SSSR count). The molecular weight excluding hydrogens is 614 g/mol. The number of hydrogen-bond donors (Lipinski definition) is 1. The average molecular weight is 645 g/mol. The highest BCUT2D eigenvalue weighted by Crippen LogP contribution is 2.49. The van der Waals surface area contributed by atoms with Crippen molar-refractivity contribution in [2.45, 2.75) is 31.9 Å².